The summed E-state index contributed by atoms with van der Waals surface area (Å²) in [6.45, 7) is 6.01. The van der Waals surface area contributed by atoms with Gasteiger partial charge < -0.3 is 15.0 Å². The minimum absolute atomic E-state index is 0.0350. The van der Waals surface area contributed by atoms with E-state index in [1.54, 1.807) is 18.7 Å². The number of carbonyl (C=O) groups excluding carboxylic acids is 2. The number of rotatable bonds is 5. The Morgan fingerprint density at radius 3 is 2.54 bits per heavy atom. The fourth-order valence-corrected chi connectivity index (χ4v) is 4.22. The Morgan fingerprint density at radius 1 is 1.25 bits per heavy atom. The number of morpholine rings is 1. The largest absolute Gasteiger partial charge is 0.378 e. The summed E-state index contributed by atoms with van der Waals surface area (Å²) < 4.78 is 30.6. The van der Waals surface area contributed by atoms with Crippen LogP contribution in [0.3, 0.4) is 0 Å². The van der Waals surface area contributed by atoms with Crippen LogP contribution in [0.2, 0.25) is 0 Å². The first kappa shape index (κ1) is 19.1. The van der Waals surface area contributed by atoms with Gasteiger partial charge in [-0.1, -0.05) is 0 Å². The van der Waals surface area contributed by atoms with E-state index in [1.807, 2.05) is 0 Å². The molecule has 2 unspecified atom stereocenters. The normalized spacial score (nSPS) is 24.4. The number of carbonyl (C=O) groups is 2. The van der Waals surface area contributed by atoms with Crippen LogP contribution in [0.15, 0.2) is 0 Å². The van der Waals surface area contributed by atoms with Crippen molar-refractivity contribution in [2.24, 2.45) is 5.92 Å². The zero-order valence-corrected chi connectivity index (χ0v) is 15.2. The number of sulfonamides is 1. The standard InChI is InChI=1S/C15H27N3O5S/c1-3-24(21,22)18-6-4-5-13(11-18)14(19)16-12(2)15(20)17-7-9-23-10-8-17/h12-13H,3-11H2,1-2H3,(H,16,19). The predicted molar refractivity (Wildman–Crippen MR) is 88.8 cm³/mol. The molecule has 2 fully saturated rings. The summed E-state index contributed by atoms with van der Waals surface area (Å²) >= 11 is 0. The SMILES string of the molecule is CCS(=O)(=O)N1CCCC(C(=O)NC(C)C(=O)N2CCOCC2)C1. The van der Waals surface area contributed by atoms with E-state index in [-0.39, 0.29) is 24.1 Å². The van der Waals surface area contributed by atoms with E-state index in [9.17, 15) is 18.0 Å². The molecule has 0 aromatic rings. The molecule has 2 aliphatic heterocycles. The highest BCUT2D eigenvalue weighted by Crippen LogP contribution is 2.20. The molecular formula is C15H27N3O5S. The lowest BCUT2D eigenvalue weighted by Gasteiger charge is -2.33. The Hall–Kier alpha value is -1.19. The molecule has 2 saturated heterocycles. The van der Waals surface area contributed by atoms with Gasteiger partial charge in [0.05, 0.1) is 24.9 Å². The third kappa shape index (κ3) is 4.67. The lowest BCUT2D eigenvalue weighted by atomic mass is 9.98. The third-order valence-corrected chi connectivity index (χ3v) is 6.41. The summed E-state index contributed by atoms with van der Waals surface area (Å²) in [5.74, 6) is -0.742. The van der Waals surface area contributed by atoms with E-state index in [4.69, 9.17) is 4.74 Å². The maximum Gasteiger partial charge on any atom is 0.245 e. The van der Waals surface area contributed by atoms with Crippen LogP contribution in [0.1, 0.15) is 26.7 Å². The van der Waals surface area contributed by atoms with E-state index < -0.39 is 22.0 Å². The molecule has 1 N–H and O–H groups in total. The first-order chi connectivity index (χ1) is 11.3. The summed E-state index contributed by atoms with van der Waals surface area (Å²) in [4.78, 5) is 26.4. The smallest absolute Gasteiger partial charge is 0.245 e. The van der Waals surface area contributed by atoms with Gasteiger partial charge in [-0.05, 0) is 26.7 Å². The Bertz CT molecular complexity index is 559. The van der Waals surface area contributed by atoms with Gasteiger partial charge in [0, 0.05) is 26.2 Å². The van der Waals surface area contributed by atoms with Crippen LogP contribution in [0.4, 0.5) is 0 Å². The molecule has 2 heterocycles. The highest BCUT2D eigenvalue weighted by atomic mass is 32.2. The molecule has 0 saturated carbocycles. The molecule has 2 aliphatic rings. The van der Waals surface area contributed by atoms with Gasteiger partial charge >= 0.3 is 0 Å². The van der Waals surface area contributed by atoms with Crippen LogP contribution >= 0.6 is 0 Å². The van der Waals surface area contributed by atoms with E-state index >= 15 is 0 Å². The average Bonchev–Trinajstić information content (AvgIpc) is 2.61. The van der Waals surface area contributed by atoms with Gasteiger partial charge in [0.2, 0.25) is 21.8 Å². The first-order valence-electron chi connectivity index (χ1n) is 8.50. The Balaban J connectivity index is 1.90. The second-order valence-electron chi connectivity index (χ2n) is 6.27. The zero-order chi connectivity index (χ0) is 17.7. The Labute approximate surface area is 143 Å². The highest BCUT2D eigenvalue weighted by Gasteiger charge is 2.33. The van der Waals surface area contributed by atoms with E-state index in [1.165, 1.54) is 4.31 Å². The molecule has 0 radical (unpaired) electrons. The minimum atomic E-state index is -3.29. The molecule has 2 amide bonds. The third-order valence-electron chi connectivity index (χ3n) is 4.57. The van der Waals surface area contributed by atoms with Crippen molar-refractivity contribution in [3.05, 3.63) is 0 Å². The molecule has 0 aromatic carbocycles. The van der Waals surface area contributed by atoms with Gasteiger partial charge in [-0.3, -0.25) is 9.59 Å². The van der Waals surface area contributed by atoms with Crippen molar-refractivity contribution in [1.29, 1.82) is 0 Å². The van der Waals surface area contributed by atoms with Gasteiger partial charge in [0.15, 0.2) is 0 Å². The highest BCUT2D eigenvalue weighted by molar-refractivity contribution is 7.89. The van der Waals surface area contributed by atoms with Crippen molar-refractivity contribution in [1.82, 2.24) is 14.5 Å². The van der Waals surface area contributed by atoms with Crippen LogP contribution in [-0.2, 0) is 24.3 Å². The van der Waals surface area contributed by atoms with E-state index in [0.29, 0.717) is 45.7 Å². The number of amides is 2. The minimum Gasteiger partial charge on any atom is -0.378 e. The molecule has 2 atom stereocenters. The number of hydrogen-bond acceptors (Lipinski definition) is 5. The van der Waals surface area contributed by atoms with E-state index in [2.05, 4.69) is 5.32 Å². The zero-order valence-electron chi connectivity index (χ0n) is 14.4. The first-order valence-corrected chi connectivity index (χ1v) is 10.1. The molecule has 0 bridgehead atoms. The van der Waals surface area contributed by atoms with Gasteiger partial charge in [-0.2, -0.15) is 0 Å². The predicted octanol–water partition coefficient (Wildman–Crippen LogP) is -0.588. The second kappa shape index (κ2) is 8.26. The monoisotopic (exact) mass is 361 g/mol. The molecule has 0 aliphatic carbocycles. The molecule has 0 aromatic heterocycles. The van der Waals surface area contributed by atoms with E-state index in [0.717, 1.165) is 0 Å². The number of nitrogens with zero attached hydrogens (tertiary/aromatic N) is 2. The van der Waals surface area contributed by atoms with Gasteiger partial charge in [0.25, 0.3) is 0 Å². The average molecular weight is 361 g/mol. The number of piperidine rings is 1. The maximum absolute atomic E-state index is 12.4. The molecule has 138 valence electrons. The maximum atomic E-state index is 12.4. The molecule has 24 heavy (non-hydrogen) atoms. The van der Waals surface area contributed by atoms with Crippen molar-refractivity contribution < 1.29 is 22.7 Å². The fraction of sp³-hybridized carbons (Fsp3) is 0.867. The summed E-state index contributed by atoms with van der Waals surface area (Å²) in [7, 11) is -3.29. The molecule has 2 rings (SSSR count). The van der Waals surface area contributed by atoms with Crippen molar-refractivity contribution in [2.45, 2.75) is 32.7 Å². The Kier molecular flexibility index (Phi) is 6.59. The summed E-state index contributed by atoms with van der Waals surface area (Å²) in [5, 5.41) is 2.74. The number of ether oxygens (including phenoxy) is 1. The van der Waals surface area contributed by atoms with Crippen molar-refractivity contribution in [2.75, 3.05) is 45.1 Å². The quantitative estimate of drug-likeness (QED) is 0.706. The van der Waals surface area contributed by atoms with Crippen molar-refractivity contribution >= 4 is 21.8 Å². The lowest BCUT2D eigenvalue weighted by Crippen LogP contribution is -2.53. The summed E-state index contributed by atoms with van der Waals surface area (Å²) in [6, 6.07) is -0.617. The summed E-state index contributed by atoms with van der Waals surface area (Å²) in [5.41, 5.74) is 0. The van der Waals surface area contributed by atoms with Crippen LogP contribution < -0.4 is 5.32 Å². The van der Waals surface area contributed by atoms with Gasteiger partial charge in [0.1, 0.15) is 6.04 Å². The van der Waals surface area contributed by atoms with Crippen LogP contribution in [0.25, 0.3) is 0 Å². The van der Waals surface area contributed by atoms with Crippen LogP contribution in [-0.4, -0.2) is 80.6 Å². The van der Waals surface area contributed by atoms with Crippen molar-refractivity contribution in [3.63, 3.8) is 0 Å². The Morgan fingerprint density at radius 2 is 1.92 bits per heavy atom. The van der Waals surface area contributed by atoms with Gasteiger partial charge in [-0.15, -0.1) is 0 Å². The van der Waals surface area contributed by atoms with Crippen LogP contribution in [0, 0.1) is 5.92 Å². The fourth-order valence-electron chi connectivity index (χ4n) is 3.04. The molecule has 9 heteroatoms. The van der Waals surface area contributed by atoms with Crippen LogP contribution in [0.5, 0.6) is 0 Å². The second-order valence-corrected chi connectivity index (χ2v) is 8.52. The molecule has 8 nitrogen and oxygen atoms in total. The number of nitrogens with one attached hydrogen (secondary N) is 1. The summed E-state index contributed by atoms with van der Waals surface area (Å²) in [6.07, 6.45) is 1.29. The lowest BCUT2D eigenvalue weighted by molar-refractivity contribution is -0.140. The topological polar surface area (TPSA) is 96.0 Å². The molecule has 0 spiro atoms. The number of hydrogen-bond donors (Lipinski definition) is 1. The molecular weight excluding hydrogens is 334 g/mol. The van der Waals surface area contributed by atoms with Gasteiger partial charge in [-0.25, -0.2) is 12.7 Å². The van der Waals surface area contributed by atoms with Crippen molar-refractivity contribution in [3.8, 4) is 0 Å².